The molecule has 1 aliphatic carbocycles. The first kappa shape index (κ1) is 10.5. The Hall–Kier alpha value is -1.64. The first-order chi connectivity index (χ1) is 8.21. The lowest BCUT2D eigenvalue weighted by atomic mass is 9.90. The maximum atomic E-state index is 12.5. The first-order valence-electron chi connectivity index (χ1n) is 6.16. The molecule has 0 N–H and O–H groups in total. The van der Waals surface area contributed by atoms with Gasteiger partial charge < -0.3 is 4.90 Å². The van der Waals surface area contributed by atoms with Crippen LogP contribution in [0, 0.1) is 0 Å². The van der Waals surface area contributed by atoms with E-state index in [1.807, 2.05) is 36.1 Å². The van der Waals surface area contributed by atoms with E-state index in [1.165, 1.54) is 0 Å². The lowest BCUT2D eigenvalue weighted by molar-refractivity contribution is -0.120. The molecule has 1 aliphatic heterocycles. The van der Waals surface area contributed by atoms with Gasteiger partial charge in [-0.2, -0.15) is 0 Å². The lowest BCUT2D eigenvalue weighted by Gasteiger charge is -2.33. The average Bonchev–Trinajstić information content (AvgIpc) is 2.83. The zero-order chi connectivity index (χ0) is 12.0. The Balaban J connectivity index is 2.21. The number of rotatable bonds is 1. The van der Waals surface area contributed by atoms with E-state index < -0.39 is 5.54 Å². The van der Waals surface area contributed by atoms with Gasteiger partial charge in [0.25, 0.3) is 0 Å². The third kappa shape index (κ3) is 1.11. The molecule has 0 bridgehead atoms. The maximum Gasteiger partial charge on any atom is 0.198 e. The number of anilines is 1. The van der Waals surface area contributed by atoms with Crippen LogP contribution in [0.4, 0.5) is 5.69 Å². The molecule has 3 nitrogen and oxygen atoms in total. The molecule has 1 unspecified atom stereocenters. The van der Waals surface area contributed by atoms with Gasteiger partial charge in [0.1, 0.15) is 0 Å². The zero-order valence-corrected chi connectivity index (χ0v) is 9.90. The van der Waals surface area contributed by atoms with Gasteiger partial charge in [-0.25, -0.2) is 0 Å². The third-order valence-electron chi connectivity index (χ3n) is 4.00. The second-order valence-corrected chi connectivity index (χ2v) is 4.73. The van der Waals surface area contributed by atoms with Crippen LogP contribution in [0.1, 0.15) is 36.5 Å². The quantitative estimate of drug-likeness (QED) is 0.693. The molecule has 1 fully saturated rings. The third-order valence-corrected chi connectivity index (χ3v) is 4.00. The van der Waals surface area contributed by atoms with Crippen LogP contribution in [0.5, 0.6) is 0 Å². The van der Waals surface area contributed by atoms with Gasteiger partial charge in [0.2, 0.25) is 0 Å². The topological polar surface area (TPSA) is 37.4 Å². The van der Waals surface area contributed by atoms with Crippen molar-refractivity contribution in [2.45, 2.75) is 31.7 Å². The normalized spacial score (nSPS) is 27.0. The highest BCUT2D eigenvalue weighted by molar-refractivity contribution is 6.27. The van der Waals surface area contributed by atoms with Crippen molar-refractivity contribution in [2.75, 3.05) is 11.4 Å². The smallest absolute Gasteiger partial charge is 0.198 e. The summed E-state index contributed by atoms with van der Waals surface area (Å²) in [7, 11) is 0. The molecule has 2 aliphatic rings. The first-order valence-corrected chi connectivity index (χ1v) is 6.16. The standard InChI is InChI=1S/C14H15NO2/c1-2-15-11-7-4-3-6-10(11)13(17)14(15)9-5-8-12(14)16/h3-4,6-7H,2,5,8-9H2,1H3. The number of benzene rings is 1. The Kier molecular flexibility index (Phi) is 2.12. The molecule has 1 saturated carbocycles. The summed E-state index contributed by atoms with van der Waals surface area (Å²) in [6.45, 7) is 2.71. The Morgan fingerprint density at radius 2 is 2.06 bits per heavy atom. The number of Topliss-reactive ketones (excluding diaryl/α,β-unsaturated/α-hetero) is 2. The molecule has 0 aromatic heterocycles. The molecule has 3 rings (SSSR count). The van der Waals surface area contributed by atoms with Crippen molar-refractivity contribution in [1.29, 1.82) is 0 Å². The van der Waals surface area contributed by atoms with Gasteiger partial charge in [0, 0.05) is 24.2 Å². The van der Waals surface area contributed by atoms with Crippen LogP contribution in [0.3, 0.4) is 0 Å². The lowest BCUT2D eigenvalue weighted by Crippen LogP contribution is -2.53. The minimum atomic E-state index is -0.863. The van der Waals surface area contributed by atoms with Gasteiger partial charge in [0.15, 0.2) is 17.1 Å². The molecule has 1 atom stereocenters. The van der Waals surface area contributed by atoms with Gasteiger partial charge in [-0.1, -0.05) is 12.1 Å². The highest BCUT2D eigenvalue weighted by Crippen LogP contribution is 2.45. The van der Waals surface area contributed by atoms with Gasteiger partial charge in [-0.15, -0.1) is 0 Å². The molecule has 88 valence electrons. The predicted octanol–water partition coefficient (Wildman–Crippen LogP) is 2.20. The van der Waals surface area contributed by atoms with E-state index in [9.17, 15) is 9.59 Å². The Bertz CT molecular complexity index is 509. The van der Waals surface area contributed by atoms with Crippen molar-refractivity contribution in [3.63, 3.8) is 0 Å². The number of fused-ring (bicyclic) bond motifs is 1. The number of carbonyl (C=O) groups excluding carboxylic acids is 2. The molecule has 1 spiro atoms. The Morgan fingerprint density at radius 1 is 1.29 bits per heavy atom. The SMILES string of the molecule is CCN1c2ccccc2C(=O)C12CCCC2=O. The minimum absolute atomic E-state index is 0.0115. The molecule has 1 aromatic carbocycles. The number of hydrogen-bond acceptors (Lipinski definition) is 3. The maximum absolute atomic E-state index is 12.5. The molecule has 1 heterocycles. The van der Waals surface area contributed by atoms with Crippen LogP contribution >= 0.6 is 0 Å². The second kappa shape index (κ2) is 3.42. The fourth-order valence-electron chi connectivity index (χ4n) is 3.27. The summed E-state index contributed by atoms with van der Waals surface area (Å²) in [6, 6.07) is 7.56. The fourth-order valence-corrected chi connectivity index (χ4v) is 3.27. The molecule has 0 radical (unpaired) electrons. The number of ketones is 2. The molecule has 0 amide bonds. The predicted molar refractivity (Wildman–Crippen MR) is 65.4 cm³/mol. The molecule has 1 aromatic rings. The fraction of sp³-hybridized carbons (Fsp3) is 0.429. The van der Waals surface area contributed by atoms with Crippen molar-refractivity contribution in [2.24, 2.45) is 0 Å². The van der Waals surface area contributed by atoms with E-state index in [0.717, 1.165) is 12.1 Å². The van der Waals surface area contributed by atoms with E-state index in [2.05, 4.69) is 0 Å². The van der Waals surface area contributed by atoms with Gasteiger partial charge in [-0.3, -0.25) is 9.59 Å². The average molecular weight is 229 g/mol. The molecule has 17 heavy (non-hydrogen) atoms. The van der Waals surface area contributed by atoms with Gasteiger partial charge in [0.05, 0.1) is 0 Å². The van der Waals surface area contributed by atoms with Crippen molar-refractivity contribution in [1.82, 2.24) is 0 Å². The summed E-state index contributed by atoms with van der Waals surface area (Å²) in [5.41, 5.74) is 0.776. The number of likely N-dealkylation sites (N-methyl/N-ethyl adjacent to an activating group) is 1. The van der Waals surface area contributed by atoms with Gasteiger partial charge in [-0.05, 0) is 31.9 Å². The van der Waals surface area contributed by atoms with Gasteiger partial charge >= 0.3 is 0 Å². The highest BCUT2D eigenvalue weighted by Gasteiger charge is 2.57. The van der Waals surface area contributed by atoms with E-state index in [0.29, 0.717) is 24.9 Å². The van der Waals surface area contributed by atoms with Crippen LogP contribution in [0.25, 0.3) is 0 Å². The van der Waals surface area contributed by atoms with E-state index in [4.69, 9.17) is 0 Å². The monoisotopic (exact) mass is 229 g/mol. The second-order valence-electron chi connectivity index (χ2n) is 4.73. The van der Waals surface area contributed by atoms with Crippen molar-refractivity contribution < 1.29 is 9.59 Å². The Morgan fingerprint density at radius 3 is 2.71 bits per heavy atom. The summed E-state index contributed by atoms with van der Waals surface area (Å²) >= 11 is 0. The van der Waals surface area contributed by atoms with Crippen molar-refractivity contribution in [3.05, 3.63) is 29.8 Å². The van der Waals surface area contributed by atoms with Crippen LogP contribution in [-0.2, 0) is 4.79 Å². The van der Waals surface area contributed by atoms with E-state index in [1.54, 1.807) is 0 Å². The summed E-state index contributed by atoms with van der Waals surface area (Å²) in [5, 5.41) is 0. The van der Waals surface area contributed by atoms with Crippen LogP contribution < -0.4 is 4.90 Å². The molecule has 0 saturated heterocycles. The number of carbonyl (C=O) groups is 2. The van der Waals surface area contributed by atoms with Crippen LogP contribution in [0.2, 0.25) is 0 Å². The van der Waals surface area contributed by atoms with Crippen molar-refractivity contribution in [3.8, 4) is 0 Å². The highest BCUT2D eigenvalue weighted by atomic mass is 16.2. The summed E-state index contributed by atoms with van der Waals surface area (Å²) < 4.78 is 0. The van der Waals surface area contributed by atoms with E-state index >= 15 is 0 Å². The molecular weight excluding hydrogens is 214 g/mol. The van der Waals surface area contributed by atoms with Crippen LogP contribution in [-0.4, -0.2) is 23.7 Å². The minimum Gasteiger partial charge on any atom is -0.352 e. The summed E-state index contributed by atoms with van der Waals surface area (Å²) in [6.07, 6.45) is 2.04. The summed E-state index contributed by atoms with van der Waals surface area (Å²) in [5.74, 6) is 0.109. The summed E-state index contributed by atoms with van der Waals surface area (Å²) in [4.78, 5) is 26.7. The number of para-hydroxylation sites is 1. The zero-order valence-electron chi connectivity index (χ0n) is 9.90. The van der Waals surface area contributed by atoms with Crippen LogP contribution in [0.15, 0.2) is 24.3 Å². The van der Waals surface area contributed by atoms with Crippen molar-refractivity contribution >= 4 is 17.3 Å². The Labute approximate surface area is 100 Å². The molecular formula is C14H15NO2. The largest absolute Gasteiger partial charge is 0.352 e. The number of hydrogen-bond donors (Lipinski definition) is 0. The number of nitrogens with zero attached hydrogens (tertiary/aromatic N) is 1. The van der Waals surface area contributed by atoms with E-state index in [-0.39, 0.29) is 11.6 Å². The molecule has 3 heteroatoms.